The molecular formula is C23H23ClN2O5S. The molecule has 0 unspecified atom stereocenters. The Kier molecular flexibility index (Phi) is 7.61. The first-order valence-corrected chi connectivity index (χ1v) is 11.6. The van der Waals surface area contributed by atoms with E-state index >= 15 is 0 Å². The van der Waals surface area contributed by atoms with Gasteiger partial charge in [-0.05, 0) is 67.1 Å². The summed E-state index contributed by atoms with van der Waals surface area (Å²) in [6, 6.07) is 17.9. The minimum Gasteiger partial charge on any atom is -0.495 e. The number of amides is 1. The van der Waals surface area contributed by atoms with Crippen LogP contribution in [0.5, 0.6) is 11.5 Å². The molecule has 0 saturated heterocycles. The molecule has 0 saturated carbocycles. The number of carbonyl (C=O) groups excluding carboxylic acids is 1. The van der Waals surface area contributed by atoms with Crippen molar-refractivity contribution in [3.63, 3.8) is 0 Å². The van der Waals surface area contributed by atoms with E-state index in [0.29, 0.717) is 23.0 Å². The number of halogens is 1. The summed E-state index contributed by atoms with van der Waals surface area (Å²) in [6.45, 7) is 2.46. The number of ether oxygens (including phenoxy) is 2. The lowest BCUT2D eigenvalue weighted by Gasteiger charge is -2.14. The van der Waals surface area contributed by atoms with Gasteiger partial charge in [-0.15, -0.1) is 0 Å². The van der Waals surface area contributed by atoms with Crippen molar-refractivity contribution in [1.29, 1.82) is 0 Å². The fourth-order valence-corrected chi connectivity index (χ4v) is 4.33. The molecule has 0 aliphatic heterocycles. The summed E-state index contributed by atoms with van der Waals surface area (Å²) in [5.74, 6) is 0.596. The molecule has 0 fully saturated rings. The maximum atomic E-state index is 12.9. The first-order chi connectivity index (χ1) is 15.3. The number of rotatable bonds is 9. The molecule has 0 radical (unpaired) electrons. The lowest BCUT2D eigenvalue weighted by molar-refractivity contribution is -0.115. The van der Waals surface area contributed by atoms with E-state index in [1.807, 2.05) is 19.1 Å². The van der Waals surface area contributed by atoms with Gasteiger partial charge in [0.25, 0.3) is 10.0 Å². The number of hydrogen-bond donors (Lipinski definition) is 2. The molecule has 7 nitrogen and oxygen atoms in total. The van der Waals surface area contributed by atoms with E-state index in [1.165, 1.54) is 19.2 Å². The van der Waals surface area contributed by atoms with Gasteiger partial charge in [-0.2, -0.15) is 0 Å². The minimum absolute atomic E-state index is 0.103. The van der Waals surface area contributed by atoms with Crippen molar-refractivity contribution < 1.29 is 22.7 Å². The molecule has 9 heteroatoms. The highest BCUT2D eigenvalue weighted by atomic mass is 35.5. The summed E-state index contributed by atoms with van der Waals surface area (Å²) in [4.78, 5) is 12.4. The first kappa shape index (κ1) is 23.4. The largest absolute Gasteiger partial charge is 0.495 e. The molecular weight excluding hydrogens is 452 g/mol. The van der Waals surface area contributed by atoms with Crippen LogP contribution < -0.4 is 19.5 Å². The SMILES string of the molecule is CCOc1ccc(CC(=O)Nc2ccc(OC)c(S(=O)(=O)Nc3ccc(Cl)cc3)c2)cc1. The Morgan fingerprint density at radius 3 is 2.25 bits per heavy atom. The van der Waals surface area contributed by atoms with Crippen LogP contribution in [0.4, 0.5) is 11.4 Å². The Balaban J connectivity index is 1.76. The van der Waals surface area contributed by atoms with Crippen LogP contribution in [0.2, 0.25) is 5.02 Å². The van der Waals surface area contributed by atoms with Crippen LogP contribution in [0, 0.1) is 0 Å². The van der Waals surface area contributed by atoms with E-state index in [-0.39, 0.29) is 23.0 Å². The lowest BCUT2D eigenvalue weighted by atomic mass is 10.1. The maximum absolute atomic E-state index is 12.9. The number of hydrogen-bond acceptors (Lipinski definition) is 5. The Morgan fingerprint density at radius 2 is 1.62 bits per heavy atom. The van der Waals surface area contributed by atoms with E-state index in [1.54, 1.807) is 42.5 Å². The number of nitrogens with one attached hydrogen (secondary N) is 2. The van der Waals surface area contributed by atoms with Crippen molar-refractivity contribution in [2.75, 3.05) is 23.8 Å². The molecule has 3 aromatic carbocycles. The van der Waals surface area contributed by atoms with Gasteiger partial charge in [0.05, 0.1) is 20.1 Å². The predicted octanol–water partition coefficient (Wildman–Crippen LogP) is 4.73. The van der Waals surface area contributed by atoms with Crippen molar-refractivity contribution in [2.24, 2.45) is 0 Å². The summed E-state index contributed by atoms with van der Waals surface area (Å²) in [5.41, 5.74) is 1.48. The zero-order chi connectivity index (χ0) is 23.1. The van der Waals surface area contributed by atoms with Crippen LogP contribution in [-0.4, -0.2) is 28.0 Å². The molecule has 0 heterocycles. The normalized spacial score (nSPS) is 11.0. The third kappa shape index (κ3) is 6.15. The quantitative estimate of drug-likeness (QED) is 0.467. The third-order valence-electron chi connectivity index (χ3n) is 4.43. The Bertz CT molecular complexity index is 1180. The lowest BCUT2D eigenvalue weighted by Crippen LogP contribution is -2.17. The van der Waals surface area contributed by atoms with Crippen LogP contribution in [0.15, 0.2) is 71.6 Å². The molecule has 0 bridgehead atoms. The average molecular weight is 475 g/mol. The minimum atomic E-state index is -3.98. The number of benzene rings is 3. The fourth-order valence-electron chi connectivity index (χ4n) is 2.95. The van der Waals surface area contributed by atoms with Crippen LogP contribution in [-0.2, 0) is 21.2 Å². The van der Waals surface area contributed by atoms with Crippen molar-refractivity contribution in [1.82, 2.24) is 0 Å². The molecule has 2 N–H and O–H groups in total. The van der Waals surface area contributed by atoms with E-state index in [4.69, 9.17) is 21.1 Å². The number of anilines is 2. The van der Waals surface area contributed by atoms with Crippen LogP contribution in [0.3, 0.4) is 0 Å². The Morgan fingerprint density at radius 1 is 0.969 bits per heavy atom. The van der Waals surface area contributed by atoms with Gasteiger partial charge in [0, 0.05) is 16.4 Å². The average Bonchev–Trinajstić information content (AvgIpc) is 2.77. The van der Waals surface area contributed by atoms with Crippen LogP contribution in [0.1, 0.15) is 12.5 Å². The molecule has 0 spiro atoms. The van der Waals surface area contributed by atoms with Gasteiger partial charge in [-0.1, -0.05) is 23.7 Å². The molecule has 0 aliphatic carbocycles. The maximum Gasteiger partial charge on any atom is 0.265 e. The predicted molar refractivity (Wildman–Crippen MR) is 125 cm³/mol. The van der Waals surface area contributed by atoms with Crippen molar-refractivity contribution in [2.45, 2.75) is 18.2 Å². The zero-order valence-electron chi connectivity index (χ0n) is 17.6. The Hall–Kier alpha value is -3.23. The molecule has 0 aliphatic rings. The van der Waals surface area contributed by atoms with Crippen LogP contribution in [0.25, 0.3) is 0 Å². The highest BCUT2D eigenvalue weighted by molar-refractivity contribution is 7.92. The van der Waals surface area contributed by atoms with Gasteiger partial charge >= 0.3 is 0 Å². The van der Waals surface area contributed by atoms with Gasteiger partial charge in [0.2, 0.25) is 5.91 Å². The van der Waals surface area contributed by atoms with E-state index < -0.39 is 10.0 Å². The summed E-state index contributed by atoms with van der Waals surface area (Å²) in [6.07, 6.45) is 0.129. The molecule has 32 heavy (non-hydrogen) atoms. The topological polar surface area (TPSA) is 93.7 Å². The summed E-state index contributed by atoms with van der Waals surface area (Å²) in [5, 5.41) is 3.22. The Labute approximate surface area is 192 Å². The number of sulfonamides is 1. The number of methoxy groups -OCH3 is 1. The fraction of sp³-hybridized carbons (Fsp3) is 0.174. The van der Waals surface area contributed by atoms with Crippen molar-refractivity contribution in [3.05, 3.63) is 77.3 Å². The van der Waals surface area contributed by atoms with Gasteiger partial charge in [-0.25, -0.2) is 8.42 Å². The highest BCUT2D eigenvalue weighted by Gasteiger charge is 2.21. The zero-order valence-corrected chi connectivity index (χ0v) is 19.2. The molecule has 0 aromatic heterocycles. The summed E-state index contributed by atoms with van der Waals surface area (Å²) >= 11 is 5.85. The second-order valence-corrected chi connectivity index (χ2v) is 8.87. The smallest absolute Gasteiger partial charge is 0.265 e. The third-order valence-corrected chi connectivity index (χ3v) is 6.09. The monoisotopic (exact) mass is 474 g/mol. The second-order valence-electron chi connectivity index (χ2n) is 6.78. The molecule has 3 rings (SSSR count). The molecule has 1 amide bonds. The summed E-state index contributed by atoms with van der Waals surface area (Å²) < 4.78 is 39.0. The van der Waals surface area contributed by atoms with Gasteiger partial charge in [-0.3, -0.25) is 9.52 Å². The van der Waals surface area contributed by atoms with Gasteiger partial charge in [0.15, 0.2) is 0 Å². The van der Waals surface area contributed by atoms with E-state index in [9.17, 15) is 13.2 Å². The first-order valence-electron chi connectivity index (χ1n) is 9.78. The molecule has 3 aromatic rings. The second kappa shape index (κ2) is 10.4. The standard InChI is InChI=1S/C23H23ClN2O5S/c1-3-31-20-11-4-16(5-12-20)14-23(27)25-19-10-13-21(30-2)22(15-19)32(28,29)26-18-8-6-17(24)7-9-18/h4-13,15,26H,3,14H2,1-2H3,(H,25,27). The summed E-state index contributed by atoms with van der Waals surface area (Å²) in [7, 11) is -2.60. The van der Waals surface area contributed by atoms with E-state index in [0.717, 1.165) is 11.3 Å². The van der Waals surface area contributed by atoms with Crippen molar-refractivity contribution in [3.8, 4) is 11.5 Å². The van der Waals surface area contributed by atoms with Crippen LogP contribution >= 0.6 is 11.6 Å². The molecule has 0 atom stereocenters. The highest BCUT2D eigenvalue weighted by Crippen LogP contribution is 2.29. The van der Waals surface area contributed by atoms with Gasteiger partial charge < -0.3 is 14.8 Å². The number of carbonyl (C=O) groups is 1. The van der Waals surface area contributed by atoms with E-state index in [2.05, 4.69) is 10.0 Å². The van der Waals surface area contributed by atoms with Gasteiger partial charge in [0.1, 0.15) is 16.4 Å². The van der Waals surface area contributed by atoms with Crippen molar-refractivity contribution >= 4 is 38.9 Å². The molecule has 168 valence electrons.